The van der Waals surface area contributed by atoms with E-state index in [0.29, 0.717) is 19.8 Å². The van der Waals surface area contributed by atoms with Crippen LogP contribution in [0.25, 0.3) is 0 Å². The van der Waals surface area contributed by atoms with Gasteiger partial charge >= 0.3 is 0 Å². The number of nitrogens with zero attached hydrogens (tertiary/aromatic N) is 5. The third-order valence-electron chi connectivity index (χ3n) is 3.90. The molecule has 3 heterocycles. The van der Waals surface area contributed by atoms with Gasteiger partial charge in [0.05, 0.1) is 24.9 Å². The fourth-order valence-corrected chi connectivity index (χ4v) is 2.72. The molecule has 1 aliphatic rings. The highest BCUT2D eigenvalue weighted by molar-refractivity contribution is 5.38. The van der Waals surface area contributed by atoms with E-state index in [4.69, 9.17) is 14.2 Å². The largest absolute Gasteiger partial charge is 0.378 e. The molecular formula is C16H23N5O2. The molecule has 0 saturated carbocycles. The van der Waals surface area contributed by atoms with Gasteiger partial charge in [-0.05, 0) is 13.8 Å². The number of aromatic nitrogens is 3. The van der Waals surface area contributed by atoms with E-state index in [2.05, 4.69) is 15.0 Å². The van der Waals surface area contributed by atoms with Gasteiger partial charge in [-0.15, -0.1) is 0 Å². The predicted molar refractivity (Wildman–Crippen MR) is 86.3 cm³/mol. The van der Waals surface area contributed by atoms with Crippen molar-refractivity contribution in [2.45, 2.75) is 26.4 Å². The van der Waals surface area contributed by atoms with Gasteiger partial charge in [-0.3, -0.25) is 4.90 Å². The number of hydrogen-bond donors (Lipinski definition) is 0. The maximum absolute atomic E-state index is 5.67. The van der Waals surface area contributed by atoms with Gasteiger partial charge in [0.1, 0.15) is 17.4 Å². The number of hydrogen-bond acceptors (Lipinski definition) is 7. The van der Waals surface area contributed by atoms with Crippen LogP contribution in [0.3, 0.4) is 0 Å². The molecule has 1 aliphatic heterocycles. The van der Waals surface area contributed by atoms with Crippen LogP contribution in [0.2, 0.25) is 0 Å². The van der Waals surface area contributed by atoms with Gasteiger partial charge in [0.2, 0.25) is 0 Å². The molecule has 1 fully saturated rings. The lowest BCUT2D eigenvalue weighted by atomic mass is 10.2. The molecule has 3 rings (SSSR count). The summed E-state index contributed by atoms with van der Waals surface area (Å²) in [6.07, 6.45) is 0. The molecule has 7 heteroatoms. The van der Waals surface area contributed by atoms with Crippen LogP contribution in [0.15, 0.2) is 16.7 Å². The average molecular weight is 317 g/mol. The van der Waals surface area contributed by atoms with Crippen LogP contribution in [-0.4, -0.2) is 53.9 Å². The van der Waals surface area contributed by atoms with E-state index in [1.54, 1.807) is 0 Å². The van der Waals surface area contributed by atoms with Gasteiger partial charge < -0.3 is 14.2 Å². The monoisotopic (exact) mass is 317 g/mol. The fraction of sp³-hybridized carbons (Fsp3) is 0.562. The Kier molecular flexibility index (Phi) is 4.58. The zero-order valence-corrected chi connectivity index (χ0v) is 14.1. The van der Waals surface area contributed by atoms with Crippen LogP contribution in [0.1, 0.15) is 29.0 Å². The van der Waals surface area contributed by atoms with Gasteiger partial charge in [0.15, 0.2) is 0 Å². The average Bonchev–Trinajstić information content (AvgIpc) is 2.92. The van der Waals surface area contributed by atoms with Crippen LogP contribution >= 0.6 is 0 Å². The summed E-state index contributed by atoms with van der Waals surface area (Å²) in [5, 5.41) is 4.09. The first kappa shape index (κ1) is 15.9. The summed E-state index contributed by atoms with van der Waals surface area (Å²) in [6, 6.07) is 3.98. The molecule has 0 unspecified atom stereocenters. The van der Waals surface area contributed by atoms with E-state index < -0.39 is 0 Å². The van der Waals surface area contributed by atoms with Gasteiger partial charge in [-0.25, -0.2) is 9.97 Å². The van der Waals surface area contributed by atoms with Crippen LogP contribution in [0.4, 0.5) is 5.82 Å². The zero-order valence-electron chi connectivity index (χ0n) is 14.1. The van der Waals surface area contributed by atoms with Crippen molar-refractivity contribution in [1.82, 2.24) is 20.0 Å². The molecule has 1 saturated heterocycles. The van der Waals surface area contributed by atoms with E-state index in [1.807, 2.05) is 45.0 Å². The molecule has 0 radical (unpaired) electrons. The topological polar surface area (TPSA) is 67.5 Å². The van der Waals surface area contributed by atoms with Crippen LogP contribution in [-0.2, 0) is 11.3 Å². The van der Waals surface area contributed by atoms with Crippen LogP contribution < -0.4 is 4.90 Å². The van der Waals surface area contributed by atoms with E-state index in [-0.39, 0.29) is 6.04 Å². The lowest BCUT2D eigenvalue weighted by molar-refractivity contribution is -0.0168. The Hall–Kier alpha value is -1.99. The summed E-state index contributed by atoms with van der Waals surface area (Å²) in [6.45, 7) is 6.73. The Morgan fingerprint density at radius 2 is 2.09 bits per heavy atom. The molecular weight excluding hydrogens is 294 g/mol. The molecule has 0 aromatic carbocycles. The van der Waals surface area contributed by atoms with Gasteiger partial charge in [-0.2, -0.15) is 0 Å². The van der Waals surface area contributed by atoms with Crippen molar-refractivity contribution in [1.29, 1.82) is 0 Å². The Labute approximate surface area is 136 Å². The van der Waals surface area contributed by atoms with Crippen LogP contribution in [0, 0.1) is 13.8 Å². The Morgan fingerprint density at radius 3 is 2.78 bits per heavy atom. The predicted octanol–water partition coefficient (Wildman–Crippen LogP) is 1.72. The van der Waals surface area contributed by atoms with Crippen molar-refractivity contribution in [3.8, 4) is 0 Å². The van der Waals surface area contributed by atoms with Crippen molar-refractivity contribution in [2.75, 3.05) is 38.8 Å². The van der Waals surface area contributed by atoms with Gasteiger partial charge in [-0.1, -0.05) is 5.16 Å². The summed E-state index contributed by atoms with van der Waals surface area (Å²) in [4.78, 5) is 13.6. The zero-order chi connectivity index (χ0) is 16.4. The van der Waals surface area contributed by atoms with Crippen molar-refractivity contribution in [3.05, 3.63) is 35.1 Å². The molecule has 124 valence electrons. The highest BCUT2D eigenvalue weighted by Gasteiger charge is 2.28. The van der Waals surface area contributed by atoms with E-state index in [0.717, 1.165) is 35.3 Å². The molecule has 0 aliphatic carbocycles. The lowest BCUT2D eigenvalue weighted by Gasteiger charge is -2.34. The van der Waals surface area contributed by atoms with E-state index >= 15 is 0 Å². The number of ether oxygens (including phenoxy) is 1. The molecule has 0 N–H and O–H groups in total. The second-order valence-corrected chi connectivity index (χ2v) is 6.11. The first-order valence-electron chi connectivity index (χ1n) is 7.80. The number of anilines is 1. The Balaban J connectivity index is 1.86. The molecule has 1 atom stereocenters. The Morgan fingerprint density at radius 1 is 1.26 bits per heavy atom. The summed E-state index contributed by atoms with van der Waals surface area (Å²) in [7, 11) is 3.97. The molecule has 23 heavy (non-hydrogen) atoms. The third-order valence-corrected chi connectivity index (χ3v) is 3.90. The second-order valence-electron chi connectivity index (χ2n) is 6.11. The normalized spacial score (nSPS) is 19.0. The minimum Gasteiger partial charge on any atom is -0.378 e. The van der Waals surface area contributed by atoms with Crippen LogP contribution in [0.5, 0.6) is 0 Å². The van der Waals surface area contributed by atoms with Crippen molar-refractivity contribution in [2.24, 2.45) is 0 Å². The number of rotatable bonds is 4. The standard InChI is InChI=1S/C16H23N5O2/c1-11-7-15(20(3)4)18-16(17-11)14-10-22-6-5-21(14)9-13-8-12(2)23-19-13/h7-8,14H,5-6,9-10H2,1-4H3/t14-/m0/s1. The van der Waals surface area contributed by atoms with E-state index in [1.165, 1.54) is 0 Å². The first-order chi connectivity index (χ1) is 11.0. The summed E-state index contributed by atoms with van der Waals surface area (Å²) in [5.74, 6) is 2.54. The smallest absolute Gasteiger partial charge is 0.150 e. The number of morpholine rings is 1. The Bertz CT molecular complexity index is 670. The van der Waals surface area contributed by atoms with Crippen molar-refractivity contribution >= 4 is 5.82 Å². The van der Waals surface area contributed by atoms with E-state index in [9.17, 15) is 0 Å². The van der Waals surface area contributed by atoms with Crippen molar-refractivity contribution < 1.29 is 9.26 Å². The minimum atomic E-state index is 0.0272. The molecule has 2 aromatic rings. The maximum Gasteiger partial charge on any atom is 0.150 e. The quantitative estimate of drug-likeness (QED) is 0.850. The highest BCUT2D eigenvalue weighted by Crippen LogP contribution is 2.25. The fourth-order valence-electron chi connectivity index (χ4n) is 2.72. The summed E-state index contributed by atoms with van der Waals surface area (Å²) < 4.78 is 10.8. The molecule has 0 bridgehead atoms. The first-order valence-corrected chi connectivity index (χ1v) is 7.80. The number of aryl methyl sites for hydroxylation is 2. The highest BCUT2D eigenvalue weighted by atomic mass is 16.5. The van der Waals surface area contributed by atoms with Crippen molar-refractivity contribution in [3.63, 3.8) is 0 Å². The SMILES string of the molecule is Cc1cc(N(C)C)nc([C@@H]2COCCN2Cc2cc(C)on2)n1. The maximum atomic E-state index is 5.67. The third kappa shape index (κ3) is 3.68. The minimum absolute atomic E-state index is 0.0272. The summed E-state index contributed by atoms with van der Waals surface area (Å²) >= 11 is 0. The van der Waals surface area contributed by atoms with Gasteiger partial charge in [0, 0.05) is 45.0 Å². The summed E-state index contributed by atoms with van der Waals surface area (Å²) in [5.41, 5.74) is 1.89. The second kappa shape index (κ2) is 6.64. The molecule has 2 aromatic heterocycles. The molecule has 7 nitrogen and oxygen atoms in total. The molecule has 0 spiro atoms. The lowest BCUT2D eigenvalue weighted by Crippen LogP contribution is -2.40. The van der Waals surface area contributed by atoms with Gasteiger partial charge in [0.25, 0.3) is 0 Å². The molecule has 0 amide bonds.